The van der Waals surface area contributed by atoms with Gasteiger partial charge in [0.05, 0.1) is 18.8 Å². The number of carbonyl (C=O) groups is 1. The molecule has 27 heavy (non-hydrogen) atoms. The molecule has 3 rings (SSSR count). The highest BCUT2D eigenvalue weighted by Gasteiger charge is 2.15. The van der Waals surface area contributed by atoms with E-state index in [0.29, 0.717) is 36.1 Å². The Morgan fingerprint density at radius 1 is 1.30 bits per heavy atom. The summed E-state index contributed by atoms with van der Waals surface area (Å²) in [6.45, 7) is 4.68. The van der Waals surface area contributed by atoms with Crippen molar-refractivity contribution < 1.29 is 14.6 Å². The van der Waals surface area contributed by atoms with Gasteiger partial charge in [-0.25, -0.2) is 19.7 Å². The average molecular weight is 367 g/mol. The minimum absolute atomic E-state index is 0.105. The smallest absolute Gasteiger partial charge is 0.339 e. The summed E-state index contributed by atoms with van der Waals surface area (Å²) in [5, 5.41) is 9.44. The lowest BCUT2D eigenvalue weighted by molar-refractivity contribution is 0.0692. The molecule has 2 aromatic heterocycles. The number of ether oxygens (including phenoxy) is 1. The molecule has 0 atom stereocenters. The molecule has 0 unspecified atom stereocenters. The predicted octanol–water partition coefficient (Wildman–Crippen LogP) is 2.91. The van der Waals surface area contributed by atoms with Crippen LogP contribution in [-0.2, 0) is 6.54 Å². The minimum atomic E-state index is -1.04. The van der Waals surface area contributed by atoms with Gasteiger partial charge in [-0.2, -0.15) is 0 Å². The van der Waals surface area contributed by atoms with Crippen LogP contribution in [0.15, 0.2) is 36.7 Å². The molecule has 1 aromatic carbocycles. The van der Waals surface area contributed by atoms with Crippen LogP contribution in [0.4, 0.5) is 5.95 Å². The fraction of sp³-hybridized carbons (Fsp3) is 0.263. The fourth-order valence-electron chi connectivity index (χ4n) is 2.67. The van der Waals surface area contributed by atoms with E-state index in [1.165, 1.54) is 0 Å². The molecule has 140 valence electrons. The quantitative estimate of drug-likeness (QED) is 0.661. The summed E-state index contributed by atoms with van der Waals surface area (Å²) >= 11 is 0. The molecule has 8 nitrogen and oxygen atoms in total. The number of carboxylic acids is 1. The second-order valence-electron chi connectivity index (χ2n) is 6.06. The number of aromatic nitrogens is 4. The molecule has 0 aliphatic heterocycles. The van der Waals surface area contributed by atoms with Gasteiger partial charge in [0.2, 0.25) is 5.95 Å². The van der Waals surface area contributed by atoms with E-state index in [0.717, 1.165) is 11.5 Å². The third-order valence-electron chi connectivity index (χ3n) is 3.93. The van der Waals surface area contributed by atoms with Crippen LogP contribution in [0.3, 0.4) is 0 Å². The maximum Gasteiger partial charge on any atom is 0.339 e. The van der Waals surface area contributed by atoms with Gasteiger partial charge in [-0.05, 0) is 38.1 Å². The topological polar surface area (TPSA) is 104 Å². The number of anilines is 1. The predicted molar refractivity (Wildman–Crippen MR) is 101 cm³/mol. The monoisotopic (exact) mass is 367 g/mol. The minimum Gasteiger partial charge on any atom is -0.493 e. The summed E-state index contributed by atoms with van der Waals surface area (Å²) in [4.78, 5) is 29.7. The van der Waals surface area contributed by atoms with Crippen molar-refractivity contribution in [1.29, 1.82) is 0 Å². The summed E-state index contributed by atoms with van der Waals surface area (Å²) in [5.41, 5.74) is 2.41. The molecule has 0 aliphatic rings. The van der Waals surface area contributed by atoms with Crippen LogP contribution in [0, 0.1) is 6.92 Å². The molecule has 0 amide bonds. The van der Waals surface area contributed by atoms with Gasteiger partial charge < -0.3 is 19.7 Å². The van der Waals surface area contributed by atoms with Crippen LogP contribution in [0.5, 0.6) is 5.75 Å². The number of nitrogens with one attached hydrogen (secondary N) is 1. The van der Waals surface area contributed by atoms with Crippen molar-refractivity contribution in [1.82, 2.24) is 19.9 Å². The summed E-state index contributed by atoms with van der Waals surface area (Å²) in [7, 11) is 1.87. The third kappa shape index (κ3) is 4.22. The van der Waals surface area contributed by atoms with Crippen molar-refractivity contribution >= 4 is 11.9 Å². The highest BCUT2D eigenvalue weighted by atomic mass is 16.5. The summed E-state index contributed by atoms with van der Waals surface area (Å²) in [5.74, 6) is 0.638. The van der Waals surface area contributed by atoms with Crippen molar-refractivity contribution in [2.75, 3.05) is 18.6 Å². The first kappa shape index (κ1) is 18.4. The van der Waals surface area contributed by atoms with Crippen LogP contribution >= 0.6 is 0 Å². The molecular formula is C19H21N5O3. The lowest BCUT2D eigenvalue weighted by Gasteiger charge is -2.16. The molecule has 0 bridgehead atoms. The second-order valence-corrected chi connectivity index (χ2v) is 6.06. The van der Waals surface area contributed by atoms with Gasteiger partial charge in [0.15, 0.2) is 0 Å². The van der Waals surface area contributed by atoms with E-state index in [1.54, 1.807) is 36.7 Å². The zero-order valence-electron chi connectivity index (χ0n) is 15.4. The number of carboxylic acid groups (broad SMARTS) is 1. The molecule has 2 heterocycles. The Morgan fingerprint density at radius 3 is 2.78 bits per heavy atom. The van der Waals surface area contributed by atoms with Gasteiger partial charge in [0.1, 0.15) is 17.1 Å². The van der Waals surface area contributed by atoms with E-state index in [-0.39, 0.29) is 5.56 Å². The molecule has 0 aliphatic carbocycles. The van der Waals surface area contributed by atoms with Crippen LogP contribution in [0.25, 0.3) is 11.3 Å². The summed E-state index contributed by atoms with van der Waals surface area (Å²) in [6.07, 6.45) is 3.42. The van der Waals surface area contributed by atoms with E-state index >= 15 is 0 Å². The van der Waals surface area contributed by atoms with Crippen molar-refractivity contribution in [3.63, 3.8) is 0 Å². The Hall–Kier alpha value is -3.42. The fourth-order valence-corrected chi connectivity index (χ4v) is 2.67. The molecule has 0 saturated heterocycles. The second kappa shape index (κ2) is 7.86. The number of aromatic amines is 1. The Bertz CT molecular complexity index is 954. The molecule has 0 radical (unpaired) electrons. The lowest BCUT2D eigenvalue weighted by Crippen LogP contribution is -2.20. The first-order chi connectivity index (χ1) is 13.0. The zero-order valence-corrected chi connectivity index (χ0v) is 15.4. The number of rotatable bonds is 7. The lowest BCUT2D eigenvalue weighted by atomic mass is 10.1. The zero-order chi connectivity index (χ0) is 19.4. The van der Waals surface area contributed by atoms with Gasteiger partial charge in [-0.15, -0.1) is 0 Å². The Balaban J connectivity index is 1.88. The molecular weight excluding hydrogens is 346 g/mol. The molecule has 0 saturated carbocycles. The van der Waals surface area contributed by atoms with Crippen molar-refractivity contribution in [2.24, 2.45) is 0 Å². The van der Waals surface area contributed by atoms with E-state index in [4.69, 9.17) is 4.74 Å². The van der Waals surface area contributed by atoms with Crippen LogP contribution in [0.1, 0.15) is 28.8 Å². The normalized spacial score (nSPS) is 10.6. The number of benzene rings is 1. The molecule has 0 spiro atoms. The highest BCUT2D eigenvalue weighted by molar-refractivity contribution is 5.92. The van der Waals surface area contributed by atoms with Gasteiger partial charge in [-0.3, -0.25) is 0 Å². The van der Waals surface area contributed by atoms with E-state index in [1.807, 2.05) is 25.8 Å². The van der Waals surface area contributed by atoms with Gasteiger partial charge in [-0.1, -0.05) is 0 Å². The SMILES string of the molecule is CCOc1ccc(-c2ccnc(N(C)Cc3ncc(C)[nH]3)n2)cc1C(=O)O. The first-order valence-electron chi connectivity index (χ1n) is 8.53. The van der Waals surface area contributed by atoms with E-state index in [9.17, 15) is 9.90 Å². The summed E-state index contributed by atoms with van der Waals surface area (Å²) in [6, 6.07) is 6.75. The number of nitrogens with zero attached hydrogens (tertiary/aromatic N) is 4. The largest absolute Gasteiger partial charge is 0.493 e. The molecule has 8 heteroatoms. The van der Waals surface area contributed by atoms with Gasteiger partial charge in [0, 0.05) is 30.7 Å². The Morgan fingerprint density at radius 2 is 2.11 bits per heavy atom. The molecule has 0 fully saturated rings. The number of aryl methyl sites for hydroxylation is 1. The number of H-pyrrole nitrogens is 1. The Kier molecular flexibility index (Phi) is 5.35. The van der Waals surface area contributed by atoms with Crippen LogP contribution in [-0.4, -0.2) is 44.7 Å². The van der Waals surface area contributed by atoms with Gasteiger partial charge >= 0.3 is 5.97 Å². The van der Waals surface area contributed by atoms with Crippen molar-refractivity contribution in [3.05, 3.63) is 53.7 Å². The standard InChI is InChI=1S/C19H21N5O3/c1-4-27-16-6-5-13(9-14(16)18(25)26)15-7-8-20-19(23-15)24(3)11-17-21-10-12(2)22-17/h5-10H,4,11H2,1-3H3,(H,21,22)(H,25,26). The van der Waals surface area contributed by atoms with Crippen molar-refractivity contribution in [3.8, 4) is 17.0 Å². The van der Waals surface area contributed by atoms with Crippen LogP contribution in [0.2, 0.25) is 0 Å². The van der Waals surface area contributed by atoms with Crippen LogP contribution < -0.4 is 9.64 Å². The van der Waals surface area contributed by atoms with E-state index in [2.05, 4.69) is 19.9 Å². The average Bonchev–Trinajstić information content (AvgIpc) is 3.07. The van der Waals surface area contributed by atoms with E-state index < -0.39 is 5.97 Å². The maximum atomic E-state index is 11.5. The number of aromatic carboxylic acids is 1. The molecule has 3 aromatic rings. The molecule has 2 N–H and O–H groups in total. The van der Waals surface area contributed by atoms with Gasteiger partial charge in [0.25, 0.3) is 0 Å². The third-order valence-corrected chi connectivity index (χ3v) is 3.93. The van der Waals surface area contributed by atoms with Crippen molar-refractivity contribution in [2.45, 2.75) is 20.4 Å². The Labute approximate surface area is 156 Å². The number of hydrogen-bond acceptors (Lipinski definition) is 6. The number of imidazole rings is 1. The maximum absolute atomic E-state index is 11.5. The highest BCUT2D eigenvalue weighted by Crippen LogP contribution is 2.26. The number of hydrogen-bond donors (Lipinski definition) is 2. The summed E-state index contributed by atoms with van der Waals surface area (Å²) < 4.78 is 5.39. The first-order valence-corrected chi connectivity index (χ1v) is 8.53.